The van der Waals surface area contributed by atoms with Crippen molar-refractivity contribution in [2.45, 2.75) is 26.4 Å². The number of aliphatic carboxylic acids is 1. The largest absolute Gasteiger partial charge is 0.479 e. The lowest BCUT2D eigenvalue weighted by molar-refractivity contribution is -0.147. The normalized spacial score (nSPS) is 12.2. The maximum Gasteiger partial charge on any atom is 0.337 e. The topological polar surface area (TPSA) is 74.6 Å². The Bertz CT molecular complexity index is 423. The Balaban J connectivity index is 3.18. The SMILES string of the molecule is CCC(=O)c1ccc(C)c(C(O)C(=O)O)c1. The van der Waals surface area contributed by atoms with Crippen LogP contribution in [0.1, 0.15) is 40.9 Å². The van der Waals surface area contributed by atoms with Crippen molar-refractivity contribution in [3.05, 3.63) is 34.9 Å². The van der Waals surface area contributed by atoms with Gasteiger partial charge in [-0.25, -0.2) is 4.79 Å². The van der Waals surface area contributed by atoms with Gasteiger partial charge in [0.05, 0.1) is 0 Å². The molecule has 0 radical (unpaired) electrons. The fourth-order valence-electron chi connectivity index (χ4n) is 1.45. The lowest BCUT2D eigenvalue weighted by atomic mass is 9.98. The van der Waals surface area contributed by atoms with Crippen molar-refractivity contribution in [3.63, 3.8) is 0 Å². The summed E-state index contributed by atoms with van der Waals surface area (Å²) in [4.78, 5) is 22.1. The van der Waals surface area contributed by atoms with E-state index in [-0.39, 0.29) is 11.3 Å². The molecule has 0 heterocycles. The van der Waals surface area contributed by atoms with Crippen LogP contribution in [-0.2, 0) is 4.79 Å². The number of aliphatic hydroxyl groups excluding tert-OH is 1. The van der Waals surface area contributed by atoms with Crippen molar-refractivity contribution in [1.82, 2.24) is 0 Å². The molecular weight excluding hydrogens is 208 g/mol. The molecule has 0 aliphatic carbocycles. The number of ketones is 1. The summed E-state index contributed by atoms with van der Waals surface area (Å²) >= 11 is 0. The number of hydrogen-bond acceptors (Lipinski definition) is 3. The highest BCUT2D eigenvalue weighted by Gasteiger charge is 2.19. The molecule has 1 unspecified atom stereocenters. The monoisotopic (exact) mass is 222 g/mol. The van der Waals surface area contributed by atoms with Crippen LogP contribution in [0.15, 0.2) is 18.2 Å². The van der Waals surface area contributed by atoms with Crippen molar-refractivity contribution in [2.24, 2.45) is 0 Å². The molecule has 1 aromatic carbocycles. The number of rotatable bonds is 4. The number of aliphatic hydroxyl groups is 1. The van der Waals surface area contributed by atoms with Crippen LogP contribution in [0.5, 0.6) is 0 Å². The number of carbonyl (C=O) groups excluding carboxylic acids is 1. The molecular formula is C12H14O4. The minimum absolute atomic E-state index is 0.0705. The van der Waals surface area contributed by atoms with E-state index >= 15 is 0 Å². The Labute approximate surface area is 93.5 Å². The molecule has 4 heteroatoms. The van der Waals surface area contributed by atoms with E-state index in [0.29, 0.717) is 17.5 Å². The fraction of sp³-hybridized carbons (Fsp3) is 0.333. The van der Waals surface area contributed by atoms with Crippen LogP contribution in [0.3, 0.4) is 0 Å². The summed E-state index contributed by atoms with van der Waals surface area (Å²) in [5.74, 6) is -1.39. The van der Waals surface area contributed by atoms with Gasteiger partial charge in [-0.1, -0.05) is 19.1 Å². The molecule has 16 heavy (non-hydrogen) atoms. The first-order valence-electron chi connectivity index (χ1n) is 5.02. The van der Waals surface area contributed by atoms with Crippen LogP contribution in [0.4, 0.5) is 0 Å². The van der Waals surface area contributed by atoms with E-state index in [0.717, 1.165) is 0 Å². The van der Waals surface area contributed by atoms with Gasteiger partial charge in [0.15, 0.2) is 11.9 Å². The summed E-state index contributed by atoms with van der Waals surface area (Å²) in [6.07, 6.45) is -1.23. The van der Waals surface area contributed by atoms with E-state index in [1.54, 1.807) is 26.0 Å². The summed E-state index contributed by atoms with van der Waals surface area (Å²) in [7, 11) is 0. The Kier molecular flexibility index (Phi) is 3.79. The Morgan fingerprint density at radius 3 is 2.50 bits per heavy atom. The van der Waals surface area contributed by atoms with Gasteiger partial charge in [-0.15, -0.1) is 0 Å². The number of carboxylic acid groups (broad SMARTS) is 1. The van der Waals surface area contributed by atoms with Gasteiger partial charge in [0.1, 0.15) is 0 Å². The van der Waals surface area contributed by atoms with Crippen molar-refractivity contribution >= 4 is 11.8 Å². The average Bonchev–Trinajstić information content (AvgIpc) is 2.27. The first kappa shape index (κ1) is 12.4. The molecule has 0 saturated heterocycles. The highest BCUT2D eigenvalue weighted by atomic mass is 16.4. The van der Waals surface area contributed by atoms with Gasteiger partial charge in [-0.05, 0) is 24.1 Å². The standard InChI is InChI=1S/C12H14O4/c1-3-10(13)8-5-4-7(2)9(6-8)11(14)12(15)16/h4-6,11,14H,3H2,1-2H3,(H,15,16). The Hall–Kier alpha value is -1.68. The summed E-state index contributed by atoms with van der Waals surface area (Å²) < 4.78 is 0. The highest BCUT2D eigenvalue weighted by molar-refractivity contribution is 5.96. The zero-order chi connectivity index (χ0) is 12.3. The van der Waals surface area contributed by atoms with Crippen molar-refractivity contribution in [1.29, 1.82) is 0 Å². The Morgan fingerprint density at radius 1 is 1.38 bits per heavy atom. The third kappa shape index (κ3) is 2.46. The van der Waals surface area contributed by atoms with Crippen LogP contribution in [0.25, 0.3) is 0 Å². The number of Topliss-reactive ketones (excluding diaryl/α,β-unsaturated/α-hetero) is 1. The number of hydrogen-bond donors (Lipinski definition) is 2. The summed E-state index contributed by atoms with van der Waals surface area (Å²) in [5, 5.41) is 18.2. The molecule has 0 fully saturated rings. The van der Waals surface area contributed by atoms with E-state index in [1.807, 2.05) is 0 Å². The molecule has 0 aromatic heterocycles. The van der Waals surface area contributed by atoms with Crippen LogP contribution >= 0.6 is 0 Å². The second kappa shape index (κ2) is 4.90. The maximum atomic E-state index is 11.4. The lowest BCUT2D eigenvalue weighted by Gasteiger charge is -2.10. The molecule has 0 spiro atoms. The van der Waals surface area contributed by atoms with Gasteiger partial charge in [-0.2, -0.15) is 0 Å². The molecule has 0 aliphatic rings. The molecule has 86 valence electrons. The minimum atomic E-state index is -1.58. The summed E-state index contributed by atoms with van der Waals surface area (Å²) in [6, 6.07) is 4.73. The van der Waals surface area contributed by atoms with E-state index in [1.165, 1.54) is 6.07 Å². The first-order chi connectivity index (χ1) is 7.47. The van der Waals surface area contributed by atoms with Crippen LogP contribution in [0.2, 0.25) is 0 Å². The fourth-order valence-corrected chi connectivity index (χ4v) is 1.45. The molecule has 1 rings (SSSR count). The number of aryl methyl sites for hydroxylation is 1. The molecule has 4 nitrogen and oxygen atoms in total. The van der Waals surface area contributed by atoms with Crippen LogP contribution < -0.4 is 0 Å². The van der Waals surface area contributed by atoms with Crippen molar-refractivity contribution in [3.8, 4) is 0 Å². The van der Waals surface area contributed by atoms with E-state index in [9.17, 15) is 14.7 Å². The molecule has 1 atom stereocenters. The molecule has 0 saturated carbocycles. The lowest BCUT2D eigenvalue weighted by Crippen LogP contribution is -2.13. The van der Waals surface area contributed by atoms with E-state index in [2.05, 4.69) is 0 Å². The summed E-state index contributed by atoms with van der Waals surface area (Å²) in [5.41, 5.74) is 1.36. The first-order valence-corrected chi connectivity index (χ1v) is 5.02. The van der Waals surface area contributed by atoms with Gasteiger partial charge >= 0.3 is 5.97 Å². The predicted octanol–water partition coefficient (Wildman–Crippen LogP) is 1.71. The van der Waals surface area contributed by atoms with Crippen molar-refractivity contribution in [2.75, 3.05) is 0 Å². The molecule has 0 aliphatic heterocycles. The third-order valence-electron chi connectivity index (χ3n) is 2.45. The average molecular weight is 222 g/mol. The molecule has 0 bridgehead atoms. The van der Waals surface area contributed by atoms with Gasteiger partial charge < -0.3 is 10.2 Å². The predicted molar refractivity (Wildman–Crippen MR) is 58.4 cm³/mol. The maximum absolute atomic E-state index is 11.4. The van der Waals surface area contributed by atoms with Gasteiger partial charge in [-0.3, -0.25) is 4.79 Å². The van der Waals surface area contributed by atoms with Crippen molar-refractivity contribution < 1.29 is 19.8 Å². The molecule has 2 N–H and O–H groups in total. The molecule has 1 aromatic rings. The van der Waals surface area contributed by atoms with Crippen LogP contribution in [-0.4, -0.2) is 22.0 Å². The van der Waals surface area contributed by atoms with E-state index < -0.39 is 12.1 Å². The number of carboxylic acids is 1. The minimum Gasteiger partial charge on any atom is -0.479 e. The quantitative estimate of drug-likeness (QED) is 0.760. The van der Waals surface area contributed by atoms with Crippen LogP contribution in [0, 0.1) is 6.92 Å². The smallest absolute Gasteiger partial charge is 0.337 e. The zero-order valence-electron chi connectivity index (χ0n) is 9.23. The second-order valence-electron chi connectivity index (χ2n) is 3.59. The van der Waals surface area contributed by atoms with Gasteiger partial charge in [0.2, 0.25) is 0 Å². The van der Waals surface area contributed by atoms with Gasteiger partial charge in [0.25, 0.3) is 0 Å². The number of benzene rings is 1. The Morgan fingerprint density at radius 2 is 2.00 bits per heavy atom. The summed E-state index contributed by atoms with van der Waals surface area (Å²) in [6.45, 7) is 3.43. The zero-order valence-corrected chi connectivity index (χ0v) is 9.23. The van der Waals surface area contributed by atoms with E-state index in [4.69, 9.17) is 5.11 Å². The van der Waals surface area contributed by atoms with Gasteiger partial charge in [0, 0.05) is 12.0 Å². The second-order valence-corrected chi connectivity index (χ2v) is 3.59. The molecule has 0 amide bonds. The third-order valence-corrected chi connectivity index (χ3v) is 2.45. The number of carbonyl (C=O) groups is 2. The highest BCUT2D eigenvalue weighted by Crippen LogP contribution is 2.20.